The quantitative estimate of drug-likeness (QED) is 0.369. The Labute approximate surface area is 349 Å². The zero-order valence-electron chi connectivity index (χ0n) is 34.8. The summed E-state index contributed by atoms with van der Waals surface area (Å²) in [7, 11) is -0.113. The number of ether oxygens (including phenoxy) is 3. The van der Waals surface area contributed by atoms with E-state index >= 15 is 0 Å². The molecule has 15 heteroatoms. The van der Waals surface area contributed by atoms with Crippen molar-refractivity contribution in [3.8, 4) is 5.75 Å². The number of amides is 2. The van der Waals surface area contributed by atoms with Gasteiger partial charge in [-0.25, -0.2) is 4.72 Å². The summed E-state index contributed by atoms with van der Waals surface area (Å²) >= 11 is 6.61. The zero-order chi connectivity index (χ0) is 41.5. The van der Waals surface area contributed by atoms with E-state index in [-0.39, 0.29) is 39.7 Å². The Morgan fingerprint density at radius 2 is 1.95 bits per heavy atom. The van der Waals surface area contributed by atoms with Gasteiger partial charge in [-0.1, -0.05) is 62.2 Å². The molecule has 1 spiro atoms. The first-order valence-electron chi connectivity index (χ1n) is 20.9. The van der Waals surface area contributed by atoms with Gasteiger partial charge in [0.05, 0.1) is 38.2 Å². The predicted molar refractivity (Wildman–Crippen MR) is 223 cm³/mol. The Morgan fingerprint density at radius 1 is 1.14 bits per heavy atom. The molecule has 3 aliphatic carbocycles. The molecule has 3 aliphatic heterocycles. The molecule has 7 atom stereocenters. The average Bonchev–Trinajstić information content (AvgIpc) is 3.33. The van der Waals surface area contributed by atoms with E-state index < -0.39 is 34.0 Å². The molecule has 7 rings (SSSR count). The van der Waals surface area contributed by atoms with Crippen LogP contribution in [-0.4, -0.2) is 126 Å². The van der Waals surface area contributed by atoms with Gasteiger partial charge in [0, 0.05) is 76.3 Å². The lowest BCUT2D eigenvalue weighted by Gasteiger charge is -2.57. The second kappa shape index (κ2) is 16.8. The smallest absolute Gasteiger partial charge is 0.303 e. The van der Waals surface area contributed by atoms with Gasteiger partial charge in [-0.3, -0.25) is 14.5 Å². The molecular formula is C43H62ClN5O8S. The molecule has 3 unspecified atom stereocenters. The number of fused-ring (bicyclic) bond motifs is 4. The largest absolute Gasteiger partial charge is 0.491 e. The fourth-order valence-electron chi connectivity index (χ4n) is 10.2. The number of anilines is 1. The lowest BCUT2D eigenvalue weighted by molar-refractivity contribution is -0.148. The van der Waals surface area contributed by atoms with Gasteiger partial charge < -0.3 is 29.1 Å². The molecule has 13 nitrogen and oxygen atoms in total. The number of allylic oxidation sites excluding steroid dienone is 4. The topological polar surface area (TPSA) is 141 Å². The van der Waals surface area contributed by atoms with Gasteiger partial charge in [0.1, 0.15) is 5.75 Å². The number of hydrogen-bond acceptors (Lipinski definition) is 10. The van der Waals surface area contributed by atoms with Gasteiger partial charge in [-0.05, 0) is 79.5 Å². The number of nitrogens with one attached hydrogen (secondary N) is 1. The van der Waals surface area contributed by atoms with Crippen molar-refractivity contribution in [3.63, 3.8) is 0 Å². The fraction of sp³-hybridized carbons (Fsp3) is 0.674. The minimum atomic E-state index is -4.31. The fourth-order valence-corrected chi connectivity index (χ4v) is 11.0. The van der Waals surface area contributed by atoms with E-state index in [2.05, 4.69) is 48.0 Å². The van der Waals surface area contributed by atoms with Gasteiger partial charge in [0.2, 0.25) is 5.91 Å². The van der Waals surface area contributed by atoms with Gasteiger partial charge >= 0.3 is 10.2 Å². The highest BCUT2D eigenvalue weighted by Gasteiger charge is 2.57. The van der Waals surface area contributed by atoms with Gasteiger partial charge in [-0.15, -0.1) is 0 Å². The van der Waals surface area contributed by atoms with Crippen molar-refractivity contribution in [1.29, 1.82) is 0 Å². The van der Waals surface area contributed by atoms with E-state index in [1.807, 2.05) is 10.8 Å². The van der Waals surface area contributed by atoms with Crippen molar-refractivity contribution in [2.24, 2.45) is 28.1 Å². The minimum Gasteiger partial charge on any atom is -0.491 e. The number of nitrogens with zero attached hydrogens (tertiary/aromatic N) is 4. The molecule has 3 fully saturated rings. The highest BCUT2D eigenvalue weighted by Crippen LogP contribution is 2.60. The minimum absolute atomic E-state index is 0.106. The summed E-state index contributed by atoms with van der Waals surface area (Å²) in [6.45, 7) is 10.5. The Kier molecular flexibility index (Phi) is 12.5. The number of benzene rings is 1. The number of hydrogen-bond donors (Lipinski definition) is 2. The van der Waals surface area contributed by atoms with Crippen molar-refractivity contribution < 1.29 is 37.3 Å². The first kappa shape index (κ1) is 43.1. The molecule has 2 N–H and O–H groups in total. The second-order valence-corrected chi connectivity index (χ2v) is 20.5. The summed E-state index contributed by atoms with van der Waals surface area (Å²) < 4.78 is 48.1. The molecule has 2 amide bonds. The van der Waals surface area contributed by atoms with Gasteiger partial charge in [-0.2, -0.15) is 12.7 Å². The maximum atomic E-state index is 14.1. The van der Waals surface area contributed by atoms with Crippen LogP contribution < -0.4 is 14.4 Å². The SMILES string of the molecule is CN1CCC=C[C@H](OCCN2CCCOC2)[C@@H]2CCC2(C)CN2C[C@@]3(CCCC4C=C(Cl)C=CC43C)COc3ccc(cc32)[C@@](O)(C(=O)NS(=O)(=O)N(C)C)CC1=O. The third-order valence-corrected chi connectivity index (χ3v) is 16.0. The van der Waals surface area contributed by atoms with Gasteiger partial charge in [0.15, 0.2) is 5.60 Å². The third-order valence-electron chi connectivity index (χ3n) is 14.3. The number of carbonyl (C=O) groups is 2. The lowest BCUT2D eigenvalue weighted by Crippen LogP contribution is -2.58. The molecule has 1 saturated heterocycles. The summed E-state index contributed by atoms with van der Waals surface area (Å²) in [4.78, 5) is 34.1. The number of rotatable bonds is 7. The summed E-state index contributed by atoms with van der Waals surface area (Å²) in [5, 5.41) is 13.2. The summed E-state index contributed by atoms with van der Waals surface area (Å²) in [6, 6.07) is 5.06. The first-order chi connectivity index (χ1) is 27.5. The van der Waals surface area contributed by atoms with E-state index in [1.54, 1.807) is 25.2 Å². The Hall–Kier alpha value is -2.98. The van der Waals surface area contributed by atoms with Crippen LogP contribution in [0.1, 0.15) is 70.8 Å². The van der Waals surface area contributed by atoms with Crippen LogP contribution in [0.3, 0.4) is 0 Å². The van der Waals surface area contributed by atoms with E-state index in [0.29, 0.717) is 57.4 Å². The van der Waals surface area contributed by atoms with Crippen LogP contribution in [0.5, 0.6) is 5.75 Å². The van der Waals surface area contributed by atoms with Crippen LogP contribution in [0, 0.1) is 28.1 Å². The number of carbonyl (C=O) groups excluding carboxylic acids is 2. The predicted octanol–water partition coefficient (Wildman–Crippen LogP) is 4.77. The van der Waals surface area contributed by atoms with Crippen LogP contribution in [-0.2, 0) is 34.9 Å². The molecule has 320 valence electrons. The second-order valence-electron chi connectivity index (χ2n) is 18.2. The molecule has 58 heavy (non-hydrogen) atoms. The normalized spacial score (nSPS) is 34.7. The molecular weight excluding hydrogens is 782 g/mol. The van der Waals surface area contributed by atoms with Crippen molar-refractivity contribution in [2.75, 3.05) is 85.3 Å². The molecule has 1 aromatic carbocycles. The molecule has 0 radical (unpaired) electrons. The monoisotopic (exact) mass is 843 g/mol. The van der Waals surface area contributed by atoms with Crippen LogP contribution in [0.15, 0.2) is 53.6 Å². The van der Waals surface area contributed by atoms with Crippen molar-refractivity contribution >= 4 is 39.3 Å². The van der Waals surface area contributed by atoms with Crippen LogP contribution >= 0.6 is 11.6 Å². The molecule has 2 bridgehead atoms. The van der Waals surface area contributed by atoms with E-state index in [4.69, 9.17) is 25.8 Å². The standard InChI is InChI=1S/C43H62ClN5O8S/c1-40-17-15-34(40)36(56-23-21-48-20-9-22-55-30-48)11-6-7-19-47(5)38(50)26-43(52,39(51)45-58(53,54)46(3)4)32-12-13-37-35(25-32)49(27-40)28-42(29-57-37)16-8-10-31-24-33(44)14-18-41(31,42)2/h6,11-14,18,24-25,31,34,36,52H,7-10,15-17,19-23,26-30H2,1-5H3,(H,45,51)/t31?,34-,36-,40?,41?,42-,43+/m0/s1. The van der Waals surface area contributed by atoms with E-state index in [0.717, 1.165) is 67.6 Å². The first-order valence-corrected chi connectivity index (χ1v) is 22.7. The third kappa shape index (κ3) is 8.36. The van der Waals surface area contributed by atoms with E-state index in [1.165, 1.54) is 19.0 Å². The highest BCUT2D eigenvalue weighted by atomic mass is 35.5. The maximum absolute atomic E-state index is 14.1. The highest BCUT2D eigenvalue weighted by molar-refractivity contribution is 7.87. The maximum Gasteiger partial charge on any atom is 0.303 e. The van der Waals surface area contributed by atoms with Crippen molar-refractivity contribution in [1.82, 2.24) is 18.8 Å². The summed E-state index contributed by atoms with van der Waals surface area (Å²) in [5.41, 5.74) is -2.51. The lowest BCUT2D eigenvalue weighted by atomic mass is 9.51. The summed E-state index contributed by atoms with van der Waals surface area (Å²) in [5.74, 6) is -0.693. The number of aliphatic hydroxyl groups is 1. The van der Waals surface area contributed by atoms with Crippen molar-refractivity contribution in [3.05, 3.63) is 59.2 Å². The van der Waals surface area contributed by atoms with Crippen LogP contribution in [0.25, 0.3) is 0 Å². The van der Waals surface area contributed by atoms with Crippen molar-refractivity contribution in [2.45, 2.75) is 76.9 Å². The zero-order valence-corrected chi connectivity index (χ0v) is 36.3. The van der Waals surface area contributed by atoms with Gasteiger partial charge in [0.25, 0.3) is 5.91 Å². The number of halogens is 1. The molecule has 0 aromatic heterocycles. The van der Waals surface area contributed by atoms with E-state index in [9.17, 15) is 23.1 Å². The van der Waals surface area contributed by atoms with Crippen LogP contribution in [0.4, 0.5) is 5.69 Å². The molecule has 3 heterocycles. The average molecular weight is 845 g/mol. The Morgan fingerprint density at radius 3 is 2.67 bits per heavy atom. The molecule has 6 aliphatic rings. The Balaban J connectivity index is 1.31. The molecule has 2 saturated carbocycles. The summed E-state index contributed by atoms with van der Waals surface area (Å²) in [6.07, 6.45) is 16.3. The Bertz CT molecular complexity index is 1920. The molecule has 1 aromatic rings. The van der Waals surface area contributed by atoms with Crippen LogP contribution in [0.2, 0.25) is 0 Å².